The maximum absolute atomic E-state index is 12.7. The van der Waals surface area contributed by atoms with Gasteiger partial charge in [-0.15, -0.1) is 0 Å². The number of carbonyl (C=O) groups is 2. The number of nitrogens with zero attached hydrogens (tertiary/aromatic N) is 2. The van der Waals surface area contributed by atoms with Crippen LogP contribution in [-0.4, -0.2) is 54.0 Å². The van der Waals surface area contributed by atoms with Crippen molar-refractivity contribution in [1.82, 2.24) is 15.2 Å². The third-order valence-electron chi connectivity index (χ3n) is 5.25. The standard InChI is InChI=1S/C23H29N3O4/c1-16(13-18-5-4-10-24-15-18)25-23(28)19-6-7-21(22(14-19)29-3)30-20-8-11-26(12-9-20)17(2)27/h4-7,10,14-16,20H,8-9,11-13H2,1-3H3,(H,25,28)/t16-/m0/s1. The molecule has 1 aliphatic rings. The Bertz CT molecular complexity index is 864. The van der Waals surface area contributed by atoms with Crippen molar-refractivity contribution in [2.75, 3.05) is 20.2 Å². The second kappa shape index (κ2) is 10.1. The number of hydrogen-bond donors (Lipinski definition) is 1. The van der Waals surface area contributed by atoms with Crippen LogP contribution in [0.3, 0.4) is 0 Å². The second-order valence-electron chi connectivity index (χ2n) is 7.63. The van der Waals surface area contributed by atoms with Gasteiger partial charge in [-0.3, -0.25) is 14.6 Å². The van der Waals surface area contributed by atoms with E-state index in [1.807, 2.05) is 24.0 Å². The van der Waals surface area contributed by atoms with Gasteiger partial charge in [-0.2, -0.15) is 0 Å². The fraction of sp³-hybridized carbons (Fsp3) is 0.435. The van der Waals surface area contributed by atoms with E-state index in [-0.39, 0.29) is 24.0 Å². The highest BCUT2D eigenvalue weighted by molar-refractivity contribution is 5.95. The van der Waals surface area contributed by atoms with Gasteiger partial charge in [0.05, 0.1) is 7.11 Å². The molecule has 0 unspecified atom stereocenters. The summed E-state index contributed by atoms with van der Waals surface area (Å²) in [6, 6.07) is 9.07. The van der Waals surface area contributed by atoms with Gasteiger partial charge in [0.1, 0.15) is 6.10 Å². The number of ether oxygens (including phenoxy) is 2. The summed E-state index contributed by atoms with van der Waals surface area (Å²) < 4.78 is 11.6. The molecule has 1 N–H and O–H groups in total. The Kier molecular flexibility index (Phi) is 7.27. The minimum absolute atomic E-state index is 0.0219. The summed E-state index contributed by atoms with van der Waals surface area (Å²) in [4.78, 5) is 30.1. The summed E-state index contributed by atoms with van der Waals surface area (Å²) in [5, 5.41) is 3.01. The lowest BCUT2D eigenvalue weighted by Gasteiger charge is -2.31. The number of benzene rings is 1. The first-order valence-electron chi connectivity index (χ1n) is 10.3. The summed E-state index contributed by atoms with van der Waals surface area (Å²) in [6.45, 7) is 4.94. The van der Waals surface area contributed by atoms with Crippen LogP contribution in [0.1, 0.15) is 42.6 Å². The van der Waals surface area contributed by atoms with Crippen LogP contribution in [0.5, 0.6) is 11.5 Å². The highest BCUT2D eigenvalue weighted by Crippen LogP contribution is 2.30. The van der Waals surface area contributed by atoms with E-state index in [0.29, 0.717) is 36.6 Å². The minimum Gasteiger partial charge on any atom is -0.493 e. The number of pyridine rings is 1. The smallest absolute Gasteiger partial charge is 0.251 e. The first-order chi connectivity index (χ1) is 14.5. The fourth-order valence-corrected chi connectivity index (χ4v) is 3.60. The summed E-state index contributed by atoms with van der Waals surface area (Å²) >= 11 is 0. The molecule has 1 fully saturated rings. The lowest BCUT2D eigenvalue weighted by Crippen LogP contribution is -2.40. The lowest BCUT2D eigenvalue weighted by molar-refractivity contribution is -0.130. The number of piperidine rings is 1. The summed E-state index contributed by atoms with van der Waals surface area (Å²) in [5.41, 5.74) is 1.59. The van der Waals surface area contributed by atoms with Crippen molar-refractivity contribution in [2.45, 2.75) is 45.3 Å². The Morgan fingerprint density at radius 3 is 2.63 bits per heavy atom. The zero-order chi connectivity index (χ0) is 21.5. The topological polar surface area (TPSA) is 80.8 Å². The molecular formula is C23H29N3O4. The van der Waals surface area contributed by atoms with Crippen LogP contribution in [0.2, 0.25) is 0 Å². The number of aromatic nitrogens is 1. The molecule has 1 aliphatic heterocycles. The van der Waals surface area contributed by atoms with Crippen LogP contribution in [0.15, 0.2) is 42.7 Å². The molecule has 0 aliphatic carbocycles. The number of methoxy groups -OCH3 is 1. The molecule has 1 aromatic carbocycles. The SMILES string of the molecule is COc1cc(C(=O)N[C@@H](C)Cc2cccnc2)ccc1OC1CCN(C(C)=O)CC1. The van der Waals surface area contributed by atoms with Gasteiger partial charge in [-0.1, -0.05) is 6.07 Å². The normalized spacial score (nSPS) is 15.4. The maximum atomic E-state index is 12.7. The molecule has 30 heavy (non-hydrogen) atoms. The number of nitrogens with one attached hydrogen (secondary N) is 1. The molecule has 2 amide bonds. The molecule has 1 atom stereocenters. The van der Waals surface area contributed by atoms with Crippen LogP contribution in [0, 0.1) is 0 Å². The van der Waals surface area contributed by atoms with Gasteiger partial charge in [-0.05, 0) is 43.2 Å². The Labute approximate surface area is 177 Å². The van der Waals surface area contributed by atoms with Gasteiger partial charge in [-0.25, -0.2) is 0 Å². The summed E-state index contributed by atoms with van der Waals surface area (Å²) in [5.74, 6) is 1.07. The number of amides is 2. The van der Waals surface area contributed by atoms with Crippen molar-refractivity contribution in [3.8, 4) is 11.5 Å². The fourth-order valence-electron chi connectivity index (χ4n) is 3.60. The molecular weight excluding hydrogens is 382 g/mol. The molecule has 3 rings (SSSR count). The van der Waals surface area contributed by atoms with E-state index < -0.39 is 0 Å². The van der Waals surface area contributed by atoms with Crippen LogP contribution in [0.4, 0.5) is 0 Å². The summed E-state index contributed by atoms with van der Waals surface area (Å²) in [7, 11) is 1.56. The van der Waals surface area contributed by atoms with Crippen molar-refractivity contribution >= 4 is 11.8 Å². The molecule has 0 spiro atoms. The summed E-state index contributed by atoms with van der Waals surface area (Å²) in [6.07, 6.45) is 5.81. The van der Waals surface area contributed by atoms with Crippen LogP contribution in [0.25, 0.3) is 0 Å². The molecule has 1 saturated heterocycles. The third-order valence-corrected chi connectivity index (χ3v) is 5.25. The number of hydrogen-bond acceptors (Lipinski definition) is 5. The van der Waals surface area contributed by atoms with Gasteiger partial charge >= 0.3 is 0 Å². The van der Waals surface area contributed by atoms with E-state index in [9.17, 15) is 9.59 Å². The molecule has 2 aromatic rings. The van der Waals surface area contributed by atoms with Crippen molar-refractivity contribution in [2.24, 2.45) is 0 Å². The largest absolute Gasteiger partial charge is 0.493 e. The van der Waals surface area contributed by atoms with E-state index >= 15 is 0 Å². The minimum atomic E-state index is -0.161. The molecule has 7 heteroatoms. The first kappa shape index (κ1) is 21.6. The number of carbonyl (C=O) groups excluding carboxylic acids is 2. The van der Waals surface area contributed by atoms with Gasteiger partial charge < -0.3 is 19.7 Å². The van der Waals surface area contributed by atoms with E-state index in [1.54, 1.807) is 44.6 Å². The van der Waals surface area contributed by atoms with Crippen molar-refractivity contribution in [3.63, 3.8) is 0 Å². The van der Waals surface area contributed by atoms with Gasteiger partial charge in [0.25, 0.3) is 5.91 Å². The molecule has 0 bridgehead atoms. The second-order valence-corrected chi connectivity index (χ2v) is 7.63. The van der Waals surface area contributed by atoms with Gasteiger partial charge in [0, 0.05) is 56.9 Å². The highest BCUT2D eigenvalue weighted by atomic mass is 16.5. The van der Waals surface area contributed by atoms with Crippen LogP contribution < -0.4 is 14.8 Å². The van der Waals surface area contributed by atoms with Gasteiger partial charge in [0.15, 0.2) is 11.5 Å². The molecule has 160 valence electrons. The molecule has 0 saturated carbocycles. The Balaban J connectivity index is 1.59. The monoisotopic (exact) mass is 411 g/mol. The average molecular weight is 412 g/mol. The van der Waals surface area contributed by atoms with Crippen molar-refractivity contribution < 1.29 is 19.1 Å². The van der Waals surface area contributed by atoms with Crippen molar-refractivity contribution in [3.05, 3.63) is 53.9 Å². The lowest BCUT2D eigenvalue weighted by atomic mass is 10.1. The molecule has 1 aromatic heterocycles. The zero-order valence-electron chi connectivity index (χ0n) is 17.8. The molecule has 7 nitrogen and oxygen atoms in total. The Hall–Kier alpha value is -3.09. The maximum Gasteiger partial charge on any atom is 0.251 e. The van der Waals surface area contributed by atoms with E-state index in [0.717, 1.165) is 18.4 Å². The average Bonchev–Trinajstić information content (AvgIpc) is 2.75. The van der Waals surface area contributed by atoms with Crippen LogP contribution in [-0.2, 0) is 11.2 Å². The number of rotatable bonds is 7. The molecule has 2 heterocycles. The zero-order valence-corrected chi connectivity index (χ0v) is 17.8. The van der Waals surface area contributed by atoms with E-state index in [4.69, 9.17) is 9.47 Å². The van der Waals surface area contributed by atoms with E-state index in [1.165, 1.54) is 0 Å². The third kappa shape index (κ3) is 5.72. The van der Waals surface area contributed by atoms with Gasteiger partial charge in [0.2, 0.25) is 5.91 Å². The predicted molar refractivity (Wildman–Crippen MR) is 114 cm³/mol. The van der Waals surface area contributed by atoms with Crippen molar-refractivity contribution in [1.29, 1.82) is 0 Å². The quantitative estimate of drug-likeness (QED) is 0.758. The molecule has 0 radical (unpaired) electrons. The Morgan fingerprint density at radius 2 is 2.00 bits per heavy atom. The van der Waals surface area contributed by atoms with Crippen LogP contribution >= 0.6 is 0 Å². The Morgan fingerprint density at radius 1 is 1.23 bits per heavy atom. The number of likely N-dealkylation sites (tertiary alicyclic amines) is 1. The highest BCUT2D eigenvalue weighted by Gasteiger charge is 2.23. The predicted octanol–water partition coefficient (Wildman–Crippen LogP) is 2.84. The van der Waals surface area contributed by atoms with E-state index in [2.05, 4.69) is 10.3 Å². The first-order valence-corrected chi connectivity index (χ1v) is 10.3.